The molecular weight excluding hydrogens is 516 g/mol. The molecule has 0 atom stereocenters. The Labute approximate surface area is 241 Å². The van der Waals surface area contributed by atoms with E-state index in [1.807, 2.05) is 16.7 Å². The first-order valence-electron chi connectivity index (χ1n) is 14.3. The van der Waals surface area contributed by atoms with Crippen LogP contribution in [0.25, 0.3) is 10.9 Å². The van der Waals surface area contributed by atoms with Crippen molar-refractivity contribution in [3.05, 3.63) is 53.7 Å². The van der Waals surface area contributed by atoms with Crippen LogP contribution in [0.15, 0.2) is 42.5 Å². The number of amides is 1. The van der Waals surface area contributed by atoms with E-state index in [0.29, 0.717) is 29.9 Å². The van der Waals surface area contributed by atoms with Gasteiger partial charge in [-0.3, -0.25) is 9.69 Å². The van der Waals surface area contributed by atoms with Crippen molar-refractivity contribution in [1.29, 1.82) is 5.26 Å². The molecule has 1 saturated carbocycles. The van der Waals surface area contributed by atoms with Gasteiger partial charge in [-0.05, 0) is 68.0 Å². The average Bonchev–Trinajstić information content (AvgIpc) is 3.38. The Morgan fingerprint density at radius 3 is 2.63 bits per heavy atom. The van der Waals surface area contributed by atoms with Gasteiger partial charge in [0.25, 0.3) is 5.91 Å². The van der Waals surface area contributed by atoms with Gasteiger partial charge >= 0.3 is 0 Å². The number of ether oxygens (including phenoxy) is 2. The standard InChI is InChI=1S/C32H38N6O3/c1-34-32(39)23-8-13-29(31(21-23)40-2)35-15-4-5-26-22-27-28(6-3-7-30(27)38(26)16-14-33)36-24-9-11-25(12-10-24)37-17-19-41-20-18-37/h3,6-8,13,21-22,24-25,35-36H,9-12,15-20H2,1-2H3,(H,34,39). The molecule has 41 heavy (non-hydrogen) atoms. The molecule has 0 spiro atoms. The minimum atomic E-state index is -0.172. The van der Waals surface area contributed by atoms with Crippen molar-refractivity contribution >= 4 is 28.2 Å². The number of nitriles is 1. The zero-order chi connectivity index (χ0) is 28.6. The van der Waals surface area contributed by atoms with Gasteiger partial charge in [-0.2, -0.15) is 5.26 Å². The van der Waals surface area contributed by atoms with Gasteiger partial charge < -0.3 is 30.0 Å². The molecule has 0 radical (unpaired) electrons. The predicted octanol–water partition coefficient (Wildman–Crippen LogP) is 4.05. The number of benzene rings is 2. The molecule has 9 nitrogen and oxygen atoms in total. The van der Waals surface area contributed by atoms with Crippen LogP contribution < -0.4 is 20.7 Å². The Kier molecular flexibility index (Phi) is 9.30. The van der Waals surface area contributed by atoms with Crippen LogP contribution >= 0.6 is 0 Å². The van der Waals surface area contributed by atoms with Gasteiger partial charge in [-0.25, -0.2) is 0 Å². The SMILES string of the molecule is CNC(=O)c1ccc(NCC#Cc2cc3c(NC4CCC(N5CCOCC5)CC4)cccc3n2CC#N)c(OC)c1. The van der Waals surface area contributed by atoms with Gasteiger partial charge in [-0.15, -0.1) is 0 Å². The van der Waals surface area contributed by atoms with Crippen molar-refractivity contribution in [1.82, 2.24) is 14.8 Å². The number of aromatic nitrogens is 1. The molecule has 9 heteroatoms. The van der Waals surface area contributed by atoms with Gasteiger partial charge in [0.1, 0.15) is 12.3 Å². The van der Waals surface area contributed by atoms with E-state index in [-0.39, 0.29) is 12.5 Å². The van der Waals surface area contributed by atoms with Crippen LogP contribution in [0, 0.1) is 23.2 Å². The molecule has 2 fully saturated rings. The molecule has 1 aliphatic heterocycles. The molecule has 1 amide bonds. The van der Waals surface area contributed by atoms with Crippen LogP contribution in [0.1, 0.15) is 41.7 Å². The zero-order valence-corrected chi connectivity index (χ0v) is 23.8. The molecule has 2 aliphatic rings. The summed E-state index contributed by atoms with van der Waals surface area (Å²) in [6.45, 7) is 4.39. The van der Waals surface area contributed by atoms with E-state index in [2.05, 4.69) is 57.0 Å². The second-order valence-corrected chi connectivity index (χ2v) is 10.5. The maximum Gasteiger partial charge on any atom is 0.251 e. The van der Waals surface area contributed by atoms with Crippen molar-refractivity contribution < 1.29 is 14.3 Å². The summed E-state index contributed by atoms with van der Waals surface area (Å²) in [5, 5.41) is 20.3. The van der Waals surface area contributed by atoms with Gasteiger partial charge in [0, 0.05) is 48.9 Å². The number of rotatable bonds is 8. The minimum absolute atomic E-state index is 0.172. The monoisotopic (exact) mass is 554 g/mol. The Bertz CT molecular complexity index is 1470. The summed E-state index contributed by atoms with van der Waals surface area (Å²) in [4.78, 5) is 14.5. The summed E-state index contributed by atoms with van der Waals surface area (Å²) in [6, 6.07) is 16.9. The molecular formula is C32H38N6O3. The number of carbonyl (C=O) groups excluding carboxylic acids is 1. The molecule has 214 valence electrons. The third-order valence-electron chi connectivity index (χ3n) is 8.07. The molecule has 0 unspecified atom stereocenters. The molecule has 0 bridgehead atoms. The second-order valence-electron chi connectivity index (χ2n) is 10.5. The van der Waals surface area contributed by atoms with Crippen molar-refractivity contribution in [3.63, 3.8) is 0 Å². The van der Waals surface area contributed by atoms with Crippen LogP contribution in [-0.2, 0) is 11.3 Å². The molecule has 5 rings (SSSR count). The van der Waals surface area contributed by atoms with Gasteiger partial charge in [0.2, 0.25) is 0 Å². The van der Waals surface area contributed by atoms with Crippen LogP contribution in [0.3, 0.4) is 0 Å². The lowest BCUT2D eigenvalue weighted by Crippen LogP contribution is -2.46. The Balaban J connectivity index is 1.28. The molecule has 2 heterocycles. The Morgan fingerprint density at radius 1 is 1.10 bits per heavy atom. The summed E-state index contributed by atoms with van der Waals surface area (Å²) < 4.78 is 13.0. The number of hydrogen-bond donors (Lipinski definition) is 3. The largest absolute Gasteiger partial charge is 0.495 e. The molecule has 3 N–H and O–H groups in total. The first-order chi connectivity index (χ1) is 20.1. The zero-order valence-electron chi connectivity index (χ0n) is 23.8. The topological polar surface area (TPSA) is 104 Å². The number of nitrogens with one attached hydrogen (secondary N) is 3. The number of carbonyl (C=O) groups is 1. The van der Waals surface area contributed by atoms with Crippen molar-refractivity contribution in [3.8, 4) is 23.7 Å². The first kappa shape index (κ1) is 28.4. The lowest BCUT2D eigenvalue weighted by molar-refractivity contribution is 0.00791. The van der Waals surface area contributed by atoms with E-state index in [0.717, 1.165) is 67.1 Å². The second kappa shape index (κ2) is 13.5. The number of anilines is 2. The predicted molar refractivity (Wildman–Crippen MR) is 161 cm³/mol. The third kappa shape index (κ3) is 6.59. The van der Waals surface area contributed by atoms with E-state index in [9.17, 15) is 10.1 Å². The molecule has 2 aromatic carbocycles. The quantitative estimate of drug-likeness (QED) is 0.361. The van der Waals surface area contributed by atoms with Crippen LogP contribution in [-0.4, -0.2) is 74.5 Å². The number of morpholine rings is 1. The van der Waals surface area contributed by atoms with E-state index in [1.54, 1.807) is 26.3 Å². The summed E-state index contributed by atoms with van der Waals surface area (Å²) >= 11 is 0. The molecule has 1 aromatic heterocycles. The first-order valence-corrected chi connectivity index (χ1v) is 14.3. The summed E-state index contributed by atoms with van der Waals surface area (Å²) in [6.07, 6.45) is 4.69. The highest BCUT2D eigenvalue weighted by Crippen LogP contribution is 2.31. The van der Waals surface area contributed by atoms with Gasteiger partial charge in [0.15, 0.2) is 0 Å². The summed E-state index contributed by atoms with van der Waals surface area (Å²) in [7, 11) is 3.17. The number of methoxy groups -OCH3 is 1. The van der Waals surface area contributed by atoms with Crippen molar-refractivity contribution in [2.45, 2.75) is 44.3 Å². The highest BCUT2D eigenvalue weighted by Gasteiger charge is 2.27. The van der Waals surface area contributed by atoms with Crippen molar-refractivity contribution in [2.75, 3.05) is 57.6 Å². The average molecular weight is 555 g/mol. The van der Waals surface area contributed by atoms with E-state index < -0.39 is 0 Å². The van der Waals surface area contributed by atoms with E-state index in [1.165, 1.54) is 12.8 Å². The fourth-order valence-corrected chi connectivity index (χ4v) is 5.90. The van der Waals surface area contributed by atoms with Crippen LogP contribution in [0.5, 0.6) is 5.75 Å². The minimum Gasteiger partial charge on any atom is -0.495 e. The lowest BCUT2D eigenvalue weighted by Gasteiger charge is -2.39. The molecule has 3 aromatic rings. The number of nitrogens with zero attached hydrogens (tertiary/aromatic N) is 3. The number of fused-ring (bicyclic) bond motifs is 1. The highest BCUT2D eigenvalue weighted by molar-refractivity contribution is 5.95. The van der Waals surface area contributed by atoms with Crippen LogP contribution in [0.2, 0.25) is 0 Å². The molecule has 1 saturated heterocycles. The fraction of sp³-hybridized carbons (Fsp3) is 0.438. The number of hydrogen-bond acceptors (Lipinski definition) is 7. The molecule has 1 aliphatic carbocycles. The maximum absolute atomic E-state index is 11.9. The third-order valence-corrected chi connectivity index (χ3v) is 8.07. The lowest BCUT2D eigenvalue weighted by atomic mass is 9.89. The van der Waals surface area contributed by atoms with E-state index >= 15 is 0 Å². The smallest absolute Gasteiger partial charge is 0.251 e. The van der Waals surface area contributed by atoms with Crippen molar-refractivity contribution in [2.24, 2.45) is 0 Å². The fourth-order valence-electron chi connectivity index (χ4n) is 5.90. The highest BCUT2D eigenvalue weighted by atomic mass is 16.5. The Hall–Kier alpha value is -4.18. The van der Waals surface area contributed by atoms with Crippen LogP contribution in [0.4, 0.5) is 11.4 Å². The van der Waals surface area contributed by atoms with Gasteiger partial charge in [0.05, 0.1) is 49.8 Å². The normalized spacial score (nSPS) is 19.0. The Morgan fingerprint density at radius 2 is 1.90 bits per heavy atom. The maximum atomic E-state index is 11.9. The van der Waals surface area contributed by atoms with E-state index in [4.69, 9.17) is 9.47 Å². The summed E-state index contributed by atoms with van der Waals surface area (Å²) in [5.74, 6) is 6.84. The van der Waals surface area contributed by atoms with Gasteiger partial charge in [-0.1, -0.05) is 12.0 Å². The summed E-state index contributed by atoms with van der Waals surface area (Å²) in [5.41, 5.74) is 4.17.